The number of hydrogen-bond donors (Lipinski definition) is 1. The molecule has 1 N–H and O–H groups in total. The summed E-state index contributed by atoms with van der Waals surface area (Å²) in [5.41, 5.74) is 2.94. The number of carboxylic acid groups (broad SMARTS) is 1. The van der Waals surface area contributed by atoms with Crippen LogP contribution in [0.2, 0.25) is 5.02 Å². The van der Waals surface area contributed by atoms with E-state index >= 15 is 0 Å². The van der Waals surface area contributed by atoms with Gasteiger partial charge in [-0.3, -0.25) is 0 Å². The Morgan fingerprint density at radius 1 is 1.06 bits per heavy atom. The van der Waals surface area contributed by atoms with E-state index in [2.05, 4.69) is 4.98 Å². The Kier molecular flexibility index (Phi) is 6.00. The van der Waals surface area contributed by atoms with Gasteiger partial charge in [0.05, 0.1) is 10.7 Å². The minimum Gasteiger partial charge on any atom is -0.488 e. The maximum Gasteiger partial charge on any atom is 0.354 e. The number of halogens is 3. The second kappa shape index (κ2) is 8.86. The Morgan fingerprint density at radius 3 is 2.61 bits per heavy atom. The highest BCUT2D eigenvalue weighted by atomic mass is 35.5. The van der Waals surface area contributed by atoms with E-state index in [4.69, 9.17) is 16.3 Å². The van der Waals surface area contributed by atoms with E-state index in [0.29, 0.717) is 29.8 Å². The molecule has 0 fully saturated rings. The number of nitrogens with zero attached hydrogens (tertiary/aromatic N) is 1. The molecule has 0 saturated heterocycles. The summed E-state index contributed by atoms with van der Waals surface area (Å²) < 4.78 is 34.1. The van der Waals surface area contributed by atoms with Crippen molar-refractivity contribution < 1.29 is 23.4 Å². The predicted octanol–water partition coefficient (Wildman–Crippen LogP) is 6.39. The summed E-state index contributed by atoms with van der Waals surface area (Å²) in [5.74, 6) is -1.63. The number of pyridine rings is 1. The highest BCUT2D eigenvalue weighted by Crippen LogP contribution is 2.42. The molecule has 0 spiro atoms. The molecule has 1 aromatic heterocycles. The average molecular weight is 442 g/mol. The molecule has 0 amide bonds. The number of ether oxygens (including phenoxy) is 1. The molecule has 158 valence electrons. The van der Waals surface area contributed by atoms with Crippen molar-refractivity contribution in [2.24, 2.45) is 0 Å². The van der Waals surface area contributed by atoms with E-state index in [1.807, 2.05) is 0 Å². The number of aromatic nitrogens is 1. The molecule has 1 heterocycles. The van der Waals surface area contributed by atoms with Crippen LogP contribution in [0.1, 0.15) is 46.6 Å². The van der Waals surface area contributed by atoms with Crippen LogP contribution in [-0.4, -0.2) is 16.1 Å². The third kappa shape index (κ3) is 4.44. The lowest BCUT2D eigenvalue weighted by Crippen LogP contribution is -2.03. The van der Waals surface area contributed by atoms with Gasteiger partial charge in [-0.1, -0.05) is 23.7 Å². The number of hydrogen-bond acceptors (Lipinski definition) is 3. The molecule has 4 nitrogen and oxygen atoms in total. The quantitative estimate of drug-likeness (QED) is 0.481. The second-order valence-electron chi connectivity index (χ2n) is 7.15. The molecule has 0 radical (unpaired) electrons. The van der Waals surface area contributed by atoms with Crippen molar-refractivity contribution in [1.29, 1.82) is 0 Å². The highest BCUT2D eigenvalue weighted by molar-refractivity contribution is 6.31. The Balaban J connectivity index is 1.73. The first-order chi connectivity index (χ1) is 14.9. The summed E-state index contributed by atoms with van der Waals surface area (Å²) in [6, 6.07) is 13.4. The Bertz CT molecular complexity index is 1170. The van der Waals surface area contributed by atoms with Crippen molar-refractivity contribution in [2.45, 2.75) is 25.9 Å². The monoisotopic (exact) mass is 441 g/mol. The molecule has 31 heavy (non-hydrogen) atoms. The molecule has 0 aliphatic heterocycles. The fraction of sp³-hybridized carbons (Fsp3) is 0.167. The van der Waals surface area contributed by atoms with Crippen LogP contribution in [0, 0.1) is 11.6 Å². The minimum absolute atomic E-state index is 0.0545. The summed E-state index contributed by atoms with van der Waals surface area (Å²) in [4.78, 5) is 15.5. The number of benzene rings is 2. The Hall–Kier alpha value is -3.25. The van der Waals surface area contributed by atoms with Crippen LogP contribution in [0.25, 0.3) is 11.1 Å². The SMILES string of the molecule is O=C(O)c1cccc(C2=C(c3cc(F)ccc3OCc3c(F)cccc3Cl)CCC2)n1. The van der Waals surface area contributed by atoms with Gasteiger partial charge in [0.25, 0.3) is 0 Å². The molecule has 1 aliphatic rings. The summed E-state index contributed by atoms with van der Waals surface area (Å²) in [5, 5.41) is 9.50. The number of rotatable bonds is 6. The van der Waals surface area contributed by atoms with Crippen molar-refractivity contribution in [2.75, 3.05) is 0 Å². The Morgan fingerprint density at radius 2 is 1.84 bits per heavy atom. The van der Waals surface area contributed by atoms with Gasteiger partial charge < -0.3 is 9.84 Å². The topological polar surface area (TPSA) is 59.4 Å². The van der Waals surface area contributed by atoms with E-state index in [1.165, 1.54) is 36.4 Å². The number of aromatic carboxylic acids is 1. The van der Waals surface area contributed by atoms with Gasteiger partial charge >= 0.3 is 5.97 Å². The van der Waals surface area contributed by atoms with Crippen molar-refractivity contribution in [1.82, 2.24) is 4.98 Å². The van der Waals surface area contributed by atoms with E-state index < -0.39 is 17.6 Å². The summed E-state index contributed by atoms with van der Waals surface area (Å²) >= 11 is 6.09. The molecule has 4 rings (SSSR count). The number of carbonyl (C=O) groups is 1. The maximum atomic E-state index is 14.1. The minimum atomic E-state index is -1.11. The molecule has 0 saturated carbocycles. The molecule has 0 atom stereocenters. The zero-order chi connectivity index (χ0) is 22.0. The normalized spacial score (nSPS) is 13.5. The van der Waals surface area contributed by atoms with Crippen molar-refractivity contribution in [3.63, 3.8) is 0 Å². The Labute approximate surface area is 182 Å². The average Bonchev–Trinajstić information content (AvgIpc) is 3.24. The zero-order valence-electron chi connectivity index (χ0n) is 16.4. The first kappa shape index (κ1) is 21.0. The fourth-order valence-electron chi connectivity index (χ4n) is 3.73. The second-order valence-corrected chi connectivity index (χ2v) is 7.56. The van der Waals surface area contributed by atoms with E-state index in [9.17, 15) is 18.7 Å². The van der Waals surface area contributed by atoms with Gasteiger partial charge in [-0.25, -0.2) is 18.6 Å². The highest BCUT2D eigenvalue weighted by Gasteiger charge is 2.23. The summed E-state index contributed by atoms with van der Waals surface area (Å²) in [7, 11) is 0. The van der Waals surface area contributed by atoms with E-state index in [1.54, 1.807) is 18.2 Å². The lowest BCUT2D eigenvalue weighted by Gasteiger charge is -2.15. The number of carboxylic acids is 1. The van der Waals surface area contributed by atoms with Crippen LogP contribution >= 0.6 is 11.6 Å². The molecular weight excluding hydrogens is 424 g/mol. The van der Waals surface area contributed by atoms with Crippen LogP contribution in [0.5, 0.6) is 5.75 Å². The molecule has 0 bridgehead atoms. The first-order valence-electron chi connectivity index (χ1n) is 9.72. The molecule has 7 heteroatoms. The third-order valence-electron chi connectivity index (χ3n) is 5.20. The predicted molar refractivity (Wildman–Crippen MR) is 114 cm³/mol. The van der Waals surface area contributed by atoms with Gasteiger partial charge in [-0.2, -0.15) is 0 Å². The fourth-order valence-corrected chi connectivity index (χ4v) is 3.95. The van der Waals surface area contributed by atoms with Crippen molar-refractivity contribution in [3.8, 4) is 5.75 Å². The lowest BCUT2D eigenvalue weighted by molar-refractivity contribution is 0.0690. The van der Waals surface area contributed by atoms with Gasteiger partial charge in [-0.05, 0) is 72.9 Å². The molecule has 3 aromatic rings. The lowest BCUT2D eigenvalue weighted by atomic mass is 9.98. The number of allylic oxidation sites excluding steroid dienone is 2. The smallest absolute Gasteiger partial charge is 0.354 e. The van der Waals surface area contributed by atoms with E-state index in [0.717, 1.165) is 17.6 Å². The van der Waals surface area contributed by atoms with Crippen molar-refractivity contribution in [3.05, 3.63) is 93.8 Å². The van der Waals surface area contributed by atoms with Gasteiger partial charge in [0.15, 0.2) is 0 Å². The molecular formula is C24H18ClF2NO3. The van der Waals surface area contributed by atoms with Gasteiger partial charge in [0.1, 0.15) is 29.7 Å². The largest absolute Gasteiger partial charge is 0.488 e. The molecule has 0 unspecified atom stereocenters. The summed E-state index contributed by atoms with van der Waals surface area (Å²) in [6.45, 7) is -0.112. The van der Waals surface area contributed by atoms with Crippen LogP contribution in [0.3, 0.4) is 0 Å². The zero-order valence-corrected chi connectivity index (χ0v) is 17.1. The molecule has 1 aliphatic carbocycles. The van der Waals surface area contributed by atoms with Crippen LogP contribution in [0.15, 0.2) is 54.6 Å². The summed E-state index contributed by atoms with van der Waals surface area (Å²) in [6.07, 6.45) is 2.16. The van der Waals surface area contributed by atoms with Crippen LogP contribution < -0.4 is 4.74 Å². The first-order valence-corrected chi connectivity index (χ1v) is 10.1. The van der Waals surface area contributed by atoms with Crippen LogP contribution in [0.4, 0.5) is 8.78 Å². The standard InChI is InChI=1S/C24H18ClF2NO3/c25-19-6-2-7-20(27)18(19)13-31-23-11-10-14(26)12-17(23)15-4-1-5-16(15)21-8-3-9-22(28-21)24(29)30/h2-3,6-12H,1,4-5,13H2,(H,29,30). The van der Waals surface area contributed by atoms with E-state index in [-0.39, 0.29) is 22.9 Å². The molecule has 2 aromatic carbocycles. The third-order valence-corrected chi connectivity index (χ3v) is 5.55. The van der Waals surface area contributed by atoms with Gasteiger partial charge in [0, 0.05) is 11.1 Å². The van der Waals surface area contributed by atoms with Crippen LogP contribution in [-0.2, 0) is 6.61 Å². The van der Waals surface area contributed by atoms with Crippen molar-refractivity contribution >= 4 is 28.7 Å². The maximum absolute atomic E-state index is 14.1. The van der Waals surface area contributed by atoms with Gasteiger partial charge in [0.2, 0.25) is 0 Å². The van der Waals surface area contributed by atoms with Gasteiger partial charge in [-0.15, -0.1) is 0 Å².